The molecule has 0 unspecified atom stereocenters. The summed E-state index contributed by atoms with van der Waals surface area (Å²) >= 11 is 6.00. The average molecular weight is 358 g/mol. The number of esters is 1. The van der Waals surface area contributed by atoms with Gasteiger partial charge in [-0.3, -0.25) is 5.43 Å². The normalized spacial score (nSPS) is 14.0. The summed E-state index contributed by atoms with van der Waals surface area (Å²) in [5, 5.41) is 4.93. The maximum atomic E-state index is 12.5. The smallest absolute Gasteiger partial charge is 0.376 e. The zero-order valence-corrected chi connectivity index (χ0v) is 14.8. The number of fused-ring (bicyclic) bond motifs is 1. The van der Waals surface area contributed by atoms with Crippen LogP contribution in [0.2, 0.25) is 5.02 Å². The number of para-hydroxylation sites is 1. The van der Waals surface area contributed by atoms with Crippen LogP contribution in [0, 0.1) is 0 Å². The van der Waals surface area contributed by atoms with E-state index >= 15 is 0 Å². The van der Waals surface area contributed by atoms with E-state index in [1.165, 1.54) is 5.56 Å². The summed E-state index contributed by atoms with van der Waals surface area (Å²) in [6.07, 6.45) is 1.94. The molecule has 0 radical (unpaired) electrons. The Hall–Kier alpha value is -2.53. The first-order valence-electron chi connectivity index (χ1n) is 8.31. The molecule has 5 nitrogen and oxygen atoms in total. The van der Waals surface area contributed by atoms with Crippen LogP contribution in [0.3, 0.4) is 0 Å². The number of hydrogen-bond acceptors (Lipinski definition) is 4. The molecule has 0 saturated carbocycles. The van der Waals surface area contributed by atoms with Crippen LogP contribution in [0.5, 0.6) is 0 Å². The molecule has 3 rings (SSSR count). The number of carbonyl (C=O) groups is 1. The number of nitrogens with zero attached hydrogens (tertiary/aromatic N) is 2. The summed E-state index contributed by atoms with van der Waals surface area (Å²) in [4.78, 5) is 14.4. The van der Waals surface area contributed by atoms with Gasteiger partial charge in [0.05, 0.1) is 12.3 Å². The minimum atomic E-state index is -0.450. The highest BCUT2D eigenvalue weighted by molar-refractivity contribution is 6.41. The van der Waals surface area contributed by atoms with Gasteiger partial charge < -0.3 is 9.64 Å². The van der Waals surface area contributed by atoms with Gasteiger partial charge in [-0.1, -0.05) is 35.9 Å². The molecule has 0 amide bonds. The molecule has 1 aliphatic rings. The fourth-order valence-corrected chi connectivity index (χ4v) is 3.03. The fourth-order valence-electron chi connectivity index (χ4n) is 2.84. The topological polar surface area (TPSA) is 53.9 Å². The molecule has 0 atom stereocenters. The highest BCUT2D eigenvalue weighted by Crippen LogP contribution is 2.27. The molecule has 25 heavy (non-hydrogen) atoms. The second-order valence-corrected chi connectivity index (χ2v) is 6.10. The molecule has 0 aromatic heterocycles. The maximum Gasteiger partial charge on any atom is 0.376 e. The number of carbonyl (C=O) groups excluding carboxylic acids is 1. The van der Waals surface area contributed by atoms with Gasteiger partial charge in [-0.05, 0) is 49.6 Å². The van der Waals surface area contributed by atoms with Gasteiger partial charge in [0.1, 0.15) is 0 Å². The van der Waals surface area contributed by atoms with Gasteiger partial charge in [0, 0.05) is 17.3 Å². The van der Waals surface area contributed by atoms with E-state index in [4.69, 9.17) is 16.3 Å². The largest absolute Gasteiger partial charge is 0.460 e. The van der Waals surface area contributed by atoms with Crippen molar-refractivity contribution >= 4 is 34.8 Å². The Kier molecular flexibility index (Phi) is 5.56. The van der Waals surface area contributed by atoms with Crippen LogP contribution in [-0.2, 0) is 16.0 Å². The number of ether oxygens (including phenoxy) is 1. The lowest BCUT2D eigenvalue weighted by Crippen LogP contribution is -2.41. The molecule has 1 aliphatic heterocycles. The highest BCUT2D eigenvalue weighted by Gasteiger charge is 2.26. The Morgan fingerprint density at radius 1 is 1.28 bits per heavy atom. The summed E-state index contributed by atoms with van der Waals surface area (Å²) in [5.74, 6) is -0.206. The van der Waals surface area contributed by atoms with Gasteiger partial charge >= 0.3 is 5.97 Å². The van der Waals surface area contributed by atoms with Crippen molar-refractivity contribution in [1.82, 2.24) is 0 Å². The minimum absolute atomic E-state index is 0.244. The lowest BCUT2D eigenvalue weighted by molar-refractivity contribution is -0.135. The van der Waals surface area contributed by atoms with Gasteiger partial charge in [-0.25, -0.2) is 4.79 Å². The molecule has 0 aliphatic carbocycles. The summed E-state index contributed by atoms with van der Waals surface area (Å²) in [7, 11) is 0. The van der Waals surface area contributed by atoms with E-state index < -0.39 is 5.97 Å². The van der Waals surface area contributed by atoms with E-state index in [0.717, 1.165) is 18.5 Å². The third-order valence-electron chi connectivity index (χ3n) is 3.94. The van der Waals surface area contributed by atoms with Gasteiger partial charge in [0.25, 0.3) is 0 Å². The van der Waals surface area contributed by atoms with Gasteiger partial charge in [0.2, 0.25) is 5.84 Å². The van der Waals surface area contributed by atoms with Crippen LogP contribution in [0.25, 0.3) is 0 Å². The molecule has 2 aromatic rings. The molecule has 0 saturated heterocycles. The number of halogens is 1. The summed E-state index contributed by atoms with van der Waals surface area (Å²) in [6.45, 7) is 2.79. The predicted molar refractivity (Wildman–Crippen MR) is 101 cm³/mol. The molecule has 0 fully saturated rings. The zero-order chi connectivity index (χ0) is 17.6. The number of anilines is 2. The van der Waals surface area contributed by atoms with Crippen LogP contribution in [-0.4, -0.2) is 25.0 Å². The number of rotatable bonds is 3. The standard InChI is InChI=1S/C19H20ClN3O2/c1-2-25-19(24)18(22-21-16-10-5-9-15(20)13-16)23-12-6-8-14-7-3-4-11-17(14)23/h3-5,7,9-11,13,21H,2,6,8,12H2,1H3/b22-18+. The average Bonchev–Trinajstić information content (AvgIpc) is 2.62. The fraction of sp³-hybridized carbons (Fsp3) is 0.263. The van der Waals surface area contributed by atoms with E-state index in [9.17, 15) is 4.79 Å². The quantitative estimate of drug-likeness (QED) is 0.389. The van der Waals surface area contributed by atoms with Crippen molar-refractivity contribution in [2.45, 2.75) is 19.8 Å². The Labute approximate surface area is 152 Å². The third kappa shape index (κ3) is 4.12. The van der Waals surface area contributed by atoms with Crippen molar-refractivity contribution in [3.05, 3.63) is 59.1 Å². The first kappa shape index (κ1) is 17.3. The van der Waals surface area contributed by atoms with Crippen molar-refractivity contribution < 1.29 is 9.53 Å². The molecule has 130 valence electrons. The van der Waals surface area contributed by atoms with Crippen LogP contribution < -0.4 is 10.3 Å². The lowest BCUT2D eigenvalue weighted by atomic mass is 10.0. The molecule has 6 heteroatoms. The summed E-state index contributed by atoms with van der Waals surface area (Å²) < 4.78 is 5.21. The SMILES string of the molecule is CCOC(=O)/C(=N\Nc1cccc(Cl)c1)N1CCCc2ccccc21. The van der Waals surface area contributed by atoms with Crippen LogP contribution >= 0.6 is 11.6 Å². The highest BCUT2D eigenvalue weighted by atomic mass is 35.5. The Balaban J connectivity index is 1.93. The molecule has 1 heterocycles. The lowest BCUT2D eigenvalue weighted by Gasteiger charge is -2.30. The van der Waals surface area contributed by atoms with E-state index in [-0.39, 0.29) is 5.84 Å². The second kappa shape index (κ2) is 8.03. The molecule has 2 aromatic carbocycles. The van der Waals surface area contributed by atoms with Crippen LogP contribution in [0.1, 0.15) is 18.9 Å². The van der Waals surface area contributed by atoms with E-state index in [1.54, 1.807) is 19.1 Å². The molecule has 1 N–H and O–H groups in total. The zero-order valence-electron chi connectivity index (χ0n) is 14.0. The number of amidine groups is 1. The number of hydrazone groups is 1. The molecule has 0 spiro atoms. The van der Waals surface area contributed by atoms with Gasteiger partial charge in [-0.2, -0.15) is 0 Å². The number of benzene rings is 2. The maximum absolute atomic E-state index is 12.5. The predicted octanol–water partition coefficient (Wildman–Crippen LogP) is 4.08. The van der Waals surface area contributed by atoms with Crippen molar-refractivity contribution in [3.63, 3.8) is 0 Å². The third-order valence-corrected chi connectivity index (χ3v) is 4.17. The molecular formula is C19H20ClN3O2. The first-order chi connectivity index (χ1) is 12.2. The summed E-state index contributed by atoms with van der Waals surface area (Å²) in [5.41, 5.74) is 5.82. The monoisotopic (exact) mass is 357 g/mol. The Morgan fingerprint density at radius 3 is 2.92 bits per heavy atom. The first-order valence-corrected chi connectivity index (χ1v) is 8.68. The van der Waals surface area contributed by atoms with E-state index in [2.05, 4.69) is 16.6 Å². The number of hydrogen-bond donors (Lipinski definition) is 1. The summed E-state index contributed by atoms with van der Waals surface area (Å²) in [6, 6.07) is 15.2. The molecular weight excluding hydrogens is 338 g/mol. The van der Waals surface area contributed by atoms with Gasteiger partial charge in [-0.15, -0.1) is 5.10 Å². The molecule has 0 bridgehead atoms. The van der Waals surface area contributed by atoms with Crippen molar-refractivity contribution in [2.24, 2.45) is 5.10 Å². The number of aryl methyl sites for hydroxylation is 1. The second-order valence-electron chi connectivity index (χ2n) is 5.66. The number of nitrogens with one attached hydrogen (secondary N) is 1. The van der Waals surface area contributed by atoms with E-state index in [0.29, 0.717) is 23.9 Å². The Morgan fingerprint density at radius 2 is 2.12 bits per heavy atom. The van der Waals surface area contributed by atoms with Crippen molar-refractivity contribution in [1.29, 1.82) is 0 Å². The van der Waals surface area contributed by atoms with Crippen molar-refractivity contribution in [3.8, 4) is 0 Å². The van der Waals surface area contributed by atoms with Gasteiger partial charge in [0.15, 0.2) is 0 Å². The Bertz CT molecular complexity index is 792. The van der Waals surface area contributed by atoms with Crippen LogP contribution in [0.15, 0.2) is 53.6 Å². The van der Waals surface area contributed by atoms with E-state index in [1.807, 2.05) is 35.2 Å². The van der Waals surface area contributed by atoms with Crippen molar-refractivity contribution in [2.75, 3.05) is 23.5 Å². The minimum Gasteiger partial charge on any atom is -0.460 e. The van der Waals surface area contributed by atoms with Crippen LogP contribution in [0.4, 0.5) is 11.4 Å².